The summed E-state index contributed by atoms with van der Waals surface area (Å²) in [6.07, 6.45) is 2.68. The second-order valence-corrected chi connectivity index (χ2v) is 4.80. The Bertz CT molecular complexity index is 154. The first kappa shape index (κ1) is 12.3. The van der Waals surface area contributed by atoms with Gasteiger partial charge in [0.25, 0.3) is 0 Å². The van der Waals surface area contributed by atoms with E-state index in [9.17, 15) is 0 Å². The van der Waals surface area contributed by atoms with Gasteiger partial charge in [0.2, 0.25) is 0 Å². The van der Waals surface area contributed by atoms with E-state index >= 15 is 0 Å². The Kier molecular flexibility index (Phi) is 5.90. The van der Waals surface area contributed by atoms with Gasteiger partial charge in [0.1, 0.15) is 0 Å². The molecule has 2 atom stereocenters. The Morgan fingerprint density at radius 3 is 2.79 bits per heavy atom. The van der Waals surface area contributed by atoms with Crippen molar-refractivity contribution in [2.24, 2.45) is 5.92 Å². The van der Waals surface area contributed by atoms with Crippen LogP contribution in [0.2, 0.25) is 0 Å². The van der Waals surface area contributed by atoms with Crippen LogP contribution in [0, 0.1) is 5.92 Å². The van der Waals surface area contributed by atoms with Gasteiger partial charge in [0.05, 0.1) is 13.2 Å². The van der Waals surface area contributed by atoms with E-state index in [0.717, 1.165) is 37.5 Å². The fraction of sp³-hybridized carbons (Fsp3) is 1.00. The average molecular weight is 217 g/mol. The molecule has 3 heteroatoms. The molecule has 2 unspecified atom stereocenters. The average Bonchev–Trinajstić information content (AvgIpc) is 2.15. The van der Waals surface area contributed by atoms with Crippen molar-refractivity contribution < 1.29 is 4.74 Å². The normalized spacial score (nSPS) is 29.4. The highest BCUT2D eigenvalue weighted by Crippen LogP contribution is 2.21. The maximum absolute atomic E-state index is 5.44. The Morgan fingerprint density at radius 1 is 1.36 bits per heavy atom. The topological polar surface area (TPSA) is 12.5 Å². The molecule has 0 aromatic carbocycles. The van der Waals surface area contributed by atoms with Crippen LogP contribution in [0.3, 0.4) is 0 Å². The number of rotatable bonds is 5. The zero-order valence-corrected chi connectivity index (χ0v) is 10.3. The van der Waals surface area contributed by atoms with Crippen LogP contribution in [0.5, 0.6) is 0 Å². The minimum atomic E-state index is 0.735. The lowest BCUT2D eigenvalue weighted by Gasteiger charge is -2.36. The van der Waals surface area contributed by atoms with E-state index in [4.69, 9.17) is 4.74 Å². The molecule has 0 saturated carbocycles. The van der Waals surface area contributed by atoms with Crippen LogP contribution < -0.4 is 0 Å². The number of thiol groups is 1. The Hall–Kier alpha value is 0.270. The highest BCUT2D eigenvalue weighted by molar-refractivity contribution is 7.80. The lowest BCUT2D eigenvalue weighted by molar-refractivity contribution is 0.0718. The molecule has 0 aromatic heterocycles. The molecular formula is C11H23NOS. The first-order valence-corrected chi connectivity index (χ1v) is 6.30. The monoisotopic (exact) mass is 217 g/mol. The zero-order chi connectivity index (χ0) is 10.4. The van der Waals surface area contributed by atoms with Crippen LogP contribution in [0.4, 0.5) is 0 Å². The molecule has 0 aromatic rings. The summed E-state index contributed by atoms with van der Waals surface area (Å²) < 4.78 is 5.44. The molecule has 84 valence electrons. The van der Waals surface area contributed by atoms with Crippen LogP contribution in [0.1, 0.15) is 26.7 Å². The van der Waals surface area contributed by atoms with Crippen molar-refractivity contribution in [3.05, 3.63) is 0 Å². The van der Waals surface area contributed by atoms with Crippen molar-refractivity contribution in [1.82, 2.24) is 4.90 Å². The number of piperidine rings is 1. The Labute approximate surface area is 93.4 Å². The molecular weight excluding hydrogens is 194 g/mol. The van der Waals surface area contributed by atoms with E-state index in [-0.39, 0.29) is 0 Å². The Balaban J connectivity index is 2.11. The smallest absolute Gasteiger partial charge is 0.0593 e. The molecule has 1 aliphatic rings. The predicted octanol–water partition coefficient (Wildman–Crippen LogP) is 2.05. The third-order valence-electron chi connectivity index (χ3n) is 3.03. The fourth-order valence-electron chi connectivity index (χ4n) is 2.14. The first-order valence-electron chi connectivity index (χ1n) is 5.66. The lowest BCUT2D eigenvalue weighted by Crippen LogP contribution is -2.41. The summed E-state index contributed by atoms with van der Waals surface area (Å²) in [4.78, 5) is 2.54. The van der Waals surface area contributed by atoms with Crippen molar-refractivity contribution >= 4 is 12.6 Å². The molecule has 0 aliphatic carbocycles. The highest BCUT2D eigenvalue weighted by Gasteiger charge is 2.21. The summed E-state index contributed by atoms with van der Waals surface area (Å²) in [5.74, 6) is 1.73. The molecule has 14 heavy (non-hydrogen) atoms. The fourth-order valence-corrected chi connectivity index (χ4v) is 2.27. The standard InChI is InChI=1S/C11H23NOS/c1-10-3-4-12(11(2)9-10)5-6-13-7-8-14/h10-11,14H,3-9H2,1-2H3. The van der Waals surface area contributed by atoms with Crippen molar-refractivity contribution in [3.63, 3.8) is 0 Å². The SMILES string of the molecule is CC1CCN(CCOCCS)C(C)C1. The molecule has 0 bridgehead atoms. The number of nitrogens with zero attached hydrogens (tertiary/aromatic N) is 1. The molecule has 2 nitrogen and oxygen atoms in total. The van der Waals surface area contributed by atoms with Crippen molar-refractivity contribution in [1.29, 1.82) is 0 Å². The molecule has 0 amide bonds. The first-order chi connectivity index (χ1) is 6.74. The maximum atomic E-state index is 5.44. The van der Waals surface area contributed by atoms with Gasteiger partial charge in [-0.3, -0.25) is 4.90 Å². The molecule has 1 aliphatic heterocycles. The summed E-state index contributed by atoms with van der Waals surface area (Å²) >= 11 is 4.11. The number of hydrogen-bond acceptors (Lipinski definition) is 3. The van der Waals surface area contributed by atoms with Gasteiger partial charge in [-0.2, -0.15) is 12.6 Å². The van der Waals surface area contributed by atoms with Crippen LogP contribution in [0.25, 0.3) is 0 Å². The van der Waals surface area contributed by atoms with Crippen molar-refractivity contribution in [2.75, 3.05) is 32.1 Å². The second-order valence-electron chi connectivity index (χ2n) is 4.35. The number of ether oxygens (including phenoxy) is 1. The van der Waals surface area contributed by atoms with Gasteiger partial charge in [-0.15, -0.1) is 0 Å². The van der Waals surface area contributed by atoms with E-state index in [2.05, 4.69) is 31.4 Å². The van der Waals surface area contributed by atoms with Crippen molar-refractivity contribution in [2.45, 2.75) is 32.7 Å². The molecule has 1 saturated heterocycles. The maximum Gasteiger partial charge on any atom is 0.0593 e. The zero-order valence-electron chi connectivity index (χ0n) is 9.41. The molecule has 1 rings (SSSR count). The van der Waals surface area contributed by atoms with Crippen molar-refractivity contribution in [3.8, 4) is 0 Å². The number of likely N-dealkylation sites (tertiary alicyclic amines) is 1. The third kappa shape index (κ3) is 4.20. The summed E-state index contributed by atoms with van der Waals surface area (Å²) in [5.41, 5.74) is 0. The van der Waals surface area contributed by atoms with Gasteiger partial charge in [0, 0.05) is 18.3 Å². The molecule has 0 N–H and O–H groups in total. The minimum absolute atomic E-state index is 0.735. The molecule has 1 fully saturated rings. The lowest BCUT2D eigenvalue weighted by atomic mass is 9.93. The van der Waals surface area contributed by atoms with E-state index in [1.807, 2.05) is 0 Å². The van der Waals surface area contributed by atoms with Gasteiger partial charge in [-0.1, -0.05) is 6.92 Å². The quantitative estimate of drug-likeness (QED) is 0.559. The summed E-state index contributed by atoms with van der Waals surface area (Å²) in [6, 6.07) is 0.735. The van der Waals surface area contributed by atoms with Crippen LogP contribution >= 0.6 is 12.6 Å². The highest BCUT2D eigenvalue weighted by atomic mass is 32.1. The summed E-state index contributed by atoms with van der Waals surface area (Å²) in [7, 11) is 0. The van der Waals surface area contributed by atoms with Crippen LogP contribution in [0.15, 0.2) is 0 Å². The minimum Gasteiger partial charge on any atom is -0.379 e. The largest absolute Gasteiger partial charge is 0.379 e. The van der Waals surface area contributed by atoms with E-state index in [0.29, 0.717) is 0 Å². The van der Waals surface area contributed by atoms with Crippen LogP contribution in [-0.2, 0) is 4.74 Å². The van der Waals surface area contributed by atoms with Gasteiger partial charge in [-0.25, -0.2) is 0 Å². The van der Waals surface area contributed by atoms with E-state index in [1.165, 1.54) is 19.4 Å². The summed E-state index contributed by atoms with van der Waals surface area (Å²) in [5, 5.41) is 0. The predicted molar refractivity (Wildman–Crippen MR) is 64.1 cm³/mol. The number of hydrogen-bond donors (Lipinski definition) is 1. The van der Waals surface area contributed by atoms with Crippen LogP contribution in [-0.4, -0.2) is 43.0 Å². The van der Waals surface area contributed by atoms with Gasteiger partial charge >= 0.3 is 0 Å². The third-order valence-corrected chi connectivity index (χ3v) is 3.22. The summed E-state index contributed by atoms with van der Waals surface area (Å²) in [6.45, 7) is 8.65. The Morgan fingerprint density at radius 2 is 2.14 bits per heavy atom. The van der Waals surface area contributed by atoms with Gasteiger partial charge < -0.3 is 4.74 Å². The van der Waals surface area contributed by atoms with Gasteiger partial charge in [-0.05, 0) is 32.2 Å². The van der Waals surface area contributed by atoms with Gasteiger partial charge in [0.15, 0.2) is 0 Å². The van der Waals surface area contributed by atoms with E-state index in [1.54, 1.807) is 0 Å². The van der Waals surface area contributed by atoms with E-state index < -0.39 is 0 Å². The molecule has 0 spiro atoms. The molecule has 0 radical (unpaired) electrons. The second kappa shape index (κ2) is 6.70. The molecule has 1 heterocycles.